The molecule has 1 unspecified atom stereocenters. The van der Waals surface area contributed by atoms with E-state index in [2.05, 4.69) is 15.3 Å². The molecule has 0 spiro atoms. The molecule has 0 aromatic carbocycles. The van der Waals surface area contributed by atoms with Crippen molar-refractivity contribution in [1.82, 2.24) is 9.97 Å². The molecular formula is C10H10FN3S. The summed E-state index contributed by atoms with van der Waals surface area (Å²) in [5, 5.41) is 5.88. The number of hydrogen-bond acceptors (Lipinski definition) is 4. The standard InChI is InChI=1S/C10H10FN3S/c1-7(14-10-13-2-3-15-10)8-4-9(11)6-12-5-8/h2-7H,1H3,(H,13,14). The molecule has 0 saturated heterocycles. The predicted molar refractivity (Wildman–Crippen MR) is 58.3 cm³/mol. The summed E-state index contributed by atoms with van der Waals surface area (Å²) in [7, 11) is 0. The van der Waals surface area contributed by atoms with Crippen molar-refractivity contribution in [3.05, 3.63) is 41.4 Å². The Morgan fingerprint density at radius 2 is 2.33 bits per heavy atom. The zero-order valence-electron chi connectivity index (χ0n) is 8.14. The van der Waals surface area contributed by atoms with Crippen molar-refractivity contribution in [3.8, 4) is 0 Å². The lowest BCUT2D eigenvalue weighted by Crippen LogP contribution is -2.06. The van der Waals surface area contributed by atoms with E-state index in [-0.39, 0.29) is 11.9 Å². The molecule has 0 fully saturated rings. The van der Waals surface area contributed by atoms with E-state index in [1.165, 1.54) is 23.6 Å². The van der Waals surface area contributed by atoms with Gasteiger partial charge in [0.1, 0.15) is 5.82 Å². The molecule has 78 valence electrons. The average Bonchev–Trinajstić information content (AvgIpc) is 2.70. The zero-order valence-corrected chi connectivity index (χ0v) is 8.96. The lowest BCUT2D eigenvalue weighted by atomic mass is 10.1. The fraction of sp³-hybridized carbons (Fsp3) is 0.200. The van der Waals surface area contributed by atoms with Crippen LogP contribution in [0, 0.1) is 5.82 Å². The number of anilines is 1. The van der Waals surface area contributed by atoms with Gasteiger partial charge in [-0.2, -0.15) is 0 Å². The number of hydrogen-bond donors (Lipinski definition) is 1. The highest BCUT2D eigenvalue weighted by atomic mass is 32.1. The van der Waals surface area contributed by atoms with E-state index in [1.54, 1.807) is 12.4 Å². The Bertz CT molecular complexity index is 430. The number of halogens is 1. The second-order valence-electron chi connectivity index (χ2n) is 3.14. The van der Waals surface area contributed by atoms with Gasteiger partial charge in [0.15, 0.2) is 5.13 Å². The molecular weight excluding hydrogens is 213 g/mol. The fourth-order valence-electron chi connectivity index (χ4n) is 1.23. The van der Waals surface area contributed by atoms with Crippen LogP contribution in [0.1, 0.15) is 18.5 Å². The molecule has 2 aromatic rings. The topological polar surface area (TPSA) is 37.8 Å². The first-order chi connectivity index (χ1) is 7.25. The van der Waals surface area contributed by atoms with Crippen LogP contribution >= 0.6 is 11.3 Å². The van der Waals surface area contributed by atoms with E-state index in [0.717, 1.165) is 10.7 Å². The van der Waals surface area contributed by atoms with E-state index >= 15 is 0 Å². The summed E-state index contributed by atoms with van der Waals surface area (Å²) < 4.78 is 12.9. The SMILES string of the molecule is CC(Nc1nccs1)c1cncc(F)c1. The first-order valence-electron chi connectivity index (χ1n) is 4.52. The van der Waals surface area contributed by atoms with Gasteiger partial charge in [0.2, 0.25) is 0 Å². The van der Waals surface area contributed by atoms with Crippen LogP contribution in [0.25, 0.3) is 0 Å². The van der Waals surface area contributed by atoms with Gasteiger partial charge in [-0.3, -0.25) is 4.98 Å². The van der Waals surface area contributed by atoms with E-state index in [4.69, 9.17) is 0 Å². The van der Waals surface area contributed by atoms with Crippen molar-refractivity contribution in [3.63, 3.8) is 0 Å². The van der Waals surface area contributed by atoms with Crippen molar-refractivity contribution < 1.29 is 4.39 Å². The number of nitrogens with zero attached hydrogens (tertiary/aromatic N) is 2. The molecule has 0 aliphatic rings. The van der Waals surface area contributed by atoms with E-state index in [1.807, 2.05) is 12.3 Å². The lowest BCUT2D eigenvalue weighted by Gasteiger charge is -2.12. The summed E-state index contributed by atoms with van der Waals surface area (Å²) in [6, 6.07) is 1.47. The van der Waals surface area contributed by atoms with Crippen molar-refractivity contribution in [1.29, 1.82) is 0 Å². The first kappa shape index (κ1) is 10.0. The van der Waals surface area contributed by atoms with Gasteiger partial charge in [-0.05, 0) is 18.6 Å². The van der Waals surface area contributed by atoms with Crippen molar-refractivity contribution in [2.24, 2.45) is 0 Å². The Morgan fingerprint density at radius 1 is 1.47 bits per heavy atom. The van der Waals surface area contributed by atoms with Gasteiger partial charge in [0, 0.05) is 17.8 Å². The Morgan fingerprint density at radius 3 is 3.00 bits per heavy atom. The molecule has 1 N–H and O–H groups in total. The summed E-state index contributed by atoms with van der Waals surface area (Å²) in [4.78, 5) is 7.90. The zero-order chi connectivity index (χ0) is 10.7. The maximum atomic E-state index is 12.9. The van der Waals surface area contributed by atoms with Crippen LogP contribution in [0.3, 0.4) is 0 Å². The highest BCUT2D eigenvalue weighted by Gasteiger charge is 2.07. The second-order valence-corrected chi connectivity index (χ2v) is 4.03. The van der Waals surface area contributed by atoms with Crippen LogP contribution < -0.4 is 5.32 Å². The molecule has 0 radical (unpaired) electrons. The molecule has 2 aromatic heterocycles. The molecule has 0 aliphatic carbocycles. The molecule has 0 bridgehead atoms. The van der Waals surface area contributed by atoms with Crippen LogP contribution in [0.15, 0.2) is 30.0 Å². The molecule has 0 aliphatic heterocycles. The maximum absolute atomic E-state index is 12.9. The number of nitrogens with one attached hydrogen (secondary N) is 1. The van der Waals surface area contributed by atoms with Gasteiger partial charge in [-0.25, -0.2) is 9.37 Å². The van der Waals surface area contributed by atoms with Gasteiger partial charge in [-0.1, -0.05) is 0 Å². The van der Waals surface area contributed by atoms with E-state index in [9.17, 15) is 4.39 Å². The minimum Gasteiger partial charge on any atom is -0.355 e. The highest BCUT2D eigenvalue weighted by Crippen LogP contribution is 2.20. The van der Waals surface area contributed by atoms with Crippen LogP contribution in [-0.4, -0.2) is 9.97 Å². The average molecular weight is 223 g/mol. The smallest absolute Gasteiger partial charge is 0.183 e. The second kappa shape index (κ2) is 4.35. The van der Waals surface area contributed by atoms with E-state index in [0.29, 0.717) is 0 Å². The molecule has 2 rings (SSSR count). The normalized spacial score (nSPS) is 12.4. The molecule has 0 amide bonds. The predicted octanol–water partition coefficient (Wildman–Crippen LogP) is 2.85. The molecule has 2 heterocycles. The first-order valence-corrected chi connectivity index (χ1v) is 5.40. The van der Waals surface area contributed by atoms with Crippen LogP contribution in [0.5, 0.6) is 0 Å². The minimum atomic E-state index is -0.319. The Labute approximate surface area is 91.0 Å². The van der Waals surface area contributed by atoms with Crippen LogP contribution in [0.4, 0.5) is 9.52 Å². The molecule has 15 heavy (non-hydrogen) atoms. The third-order valence-corrected chi connectivity index (χ3v) is 2.70. The Balaban J connectivity index is 2.11. The highest BCUT2D eigenvalue weighted by molar-refractivity contribution is 7.13. The number of pyridine rings is 1. The summed E-state index contributed by atoms with van der Waals surface area (Å²) in [6.45, 7) is 1.94. The summed E-state index contributed by atoms with van der Waals surface area (Å²) in [6.07, 6.45) is 4.57. The van der Waals surface area contributed by atoms with Crippen molar-refractivity contribution >= 4 is 16.5 Å². The van der Waals surface area contributed by atoms with Gasteiger partial charge < -0.3 is 5.32 Å². The maximum Gasteiger partial charge on any atom is 0.183 e. The van der Waals surface area contributed by atoms with Gasteiger partial charge in [0.25, 0.3) is 0 Å². The molecule has 0 saturated carbocycles. The number of thiazole rings is 1. The number of aromatic nitrogens is 2. The van der Waals surface area contributed by atoms with Gasteiger partial charge >= 0.3 is 0 Å². The third-order valence-electron chi connectivity index (χ3n) is 2.00. The number of rotatable bonds is 3. The third kappa shape index (κ3) is 2.50. The monoisotopic (exact) mass is 223 g/mol. The quantitative estimate of drug-likeness (QED) is 0.869. The molecule has 3 nitrogen and oxygen atoms in total. The Hall–Kier alpha value is -1.49. The molecule has 5 heteroatoms. The largest absolute Gasteiger partial charge is 0.355 e. The van der Waals surface area contributed by atoms with Crippen molar-refractivity contribution in [2.75, 3.05) is 5.32 Å². The summed E-state index contributed by atoms with van der Waals surface area (Å²) in [5.41, 5.74) is 0.810. The van der Waals surface area contributed by atoms with Gasteiger partial charge in [-0.15, -0.1) is 11.3 Å². The summed E-state index contributed by atoms with van der Waals surface area (Å²) in [5.74, 6) is -0.319. The van der Waals surface area contributed by atoms with E-state index < -0.39 is 0 Å². The lowest BCUT2D eigenvalue weighted by molar-refractivity contribution is 0.616. The minimum absolute atomic E-state index is 0.000602. The van der Waals surface area contributed by atoms with Crippen molar-refractivity contribution in [2.45, 2.75) is 13.0 Å². The fourth-order valence-corrected chi connectivity index (χ4v) is 1.85. The van der Waals surface area contributed by atoms with Crippen LogP contribution in [0.2, 0.25) is 0 Å². The molecule has 1 atom stereocenters. The van der Waals surface area contributed by atoms with Gasteiger partial charge in [0.05, 0.1) is 12.2 Å². The summed E-state index contributed by atoms with van der Waals surface area (Å²) >= 11 is 1.51. The van der Waals surface area contributed by atoms with Crippen LogP contribution in [-0.2, 0) is 0 Å². The Kier molecular flexibility index (Phi) is 2.91.